The number of aromatic nitrogens is 1. The maximum atomic E-state index is 13.2. The number of rotatable bonds is 7. The molecule has 0 aliphatic rings. The minimum absolute atomic E-state index is 0.0734. The summed E-state index contributed by atoms with van der Waals surface area (Å²) in [6.45, 7) is 1.21. The predicted molar refractivity (Wildman–Crippen MR) is 98.2 cm³/mol. The van der Waals surface area contributed by atoms with Crippen LogP contribution in [0, 0.1) is 18.6 Å². The summed E-state index contributed by atoms with van der Waals surface area (Å²) in [4.78, 5) is 25.1. The van der Waals surface area contributed by atoms with E-state index in [1.807, 2.05) is 0 Å². The number of ketones is 1. The van der Waals surface area contributed by atoms with Gasteiger partial charge in [-0.05, 0) is 37.3 Å². The van der Waals surface area contributed by atoms with Gasteiger partial charge in [-0.2, -0.15) is 0 Å². The van der Waals surface area contributed by atoms with Crippen LogP contribution in [0.15, 0.2) is 57.9 Å². The van der Waals surface area contributed by atoms with Gasteiger partial charge in [-0.1, -0.05) is 17.3 Å². The van der Waals surface area contributed by atoms with Crippen LogP contribution in [0.3, 0.4) is 0 Å². The second kappa shape index (κ2) is 8.79. The van der Waals surface area contributed by atoms with Crippen LogP contribution >= 0.6 is 11.8 Å². The van der Waals surface area contributed by atoms with Crippen molar-refractivity contribution in [2.24, 2.45) is 0 Å². The Hall–Kier alpha value is -3.00. The van der Waals surface area contributed by atoms with Crippen molar-refractivity contribution in [2.75, 3.05) is 6.61 Å². The molecule has 2 aromatic carbocycles. The van der Waals surface area contributed by atoms with E-state index in [9.17, 15) is 18.4 Å². The number of carbonyl (C=O) groups is 2. The van der Waals surface area contributed by atoms with E-state index < -0.39 is 30.0 Å². The summed E-state index contributed by atoms with van der Waals surface area (Å²) in [6.07, 6.45) is 0. The van der Waals surface area contributed by atoms with E-state index in [1.54, 1.807) is 37.3 Å². The Kier molecular flexibility index (Phi) is 6.20. The number of thioether (sulfide) groups is 1. The van der Waals surface area contributed by atoms with Gasteiger partial charge in [0.25, 0.3) is 0 Å². The van der Waals surface area contributed by atoms with Crippen LogP contribution in [0.2, 0.25) is 0 Å². The molecule has 0 aliphatic carbocycles. The molecule has 144 valence electrons. The fourth-order valence-corrected chi connectivity index (χ4v) is 3.28. The normalized spacial score (nSPS) is 10.7. The predicted octanol–water partition coefficient (Wildman–Crippen LogP) is 4.59. The standard InChI is InChI=1S/C20H15F2NO4S/c1-12-8-14(23-27-12)11-28-19-5-3-2-4-15(19)20(25)26-10-18(24)13-6-7-16(21)17(22)9-13/h2-9H,10-11H2,1H3. The molecule has 0 radical (unpaired) electrons. The summed E-state index contributed by atoms with van der Waals surface area (Å²) >= 11 is 1.38. The molecular formula is C20H15F2NO4S. The molecule has 28 heavy (non-hydrogen) atoms. The molecule has 0 fully saturated rings. The maximum Gasteiger partial charge on any atom is 0.339 e. The molecule has 0 saturated carbocycles. The average Bonchev–Trinajstić information content (AvgIpc) is 3.11. The molecular weight excluding hydrogens is 388 g/mol. The Morgan fingerprint density at radius 1 is 1.11 bits per heavy atom. The Morgan fingerprint density at radius 2 is 1.89 bits per heavy atom. The molecule has 0 saturated heterocycles. The third-order valence-corrected chi connectivity index (χ3v) is 4.84. The molecule has 0 spiro atoms. The van der Waals surface area contributed by atoms with Crippen molar-refractivity contribution in [3.63, 3.8) is 0 Å². The number of hydrogen-bond donors (Lipinski definition) is 0. The van der Waals surface area contributed by atoms with E-state index in [0.29, 0.717) is 22.0 Å². The van der Waals surface area contributed by atoms with Gasteiger partial charge in [-0.15, -0.1) is 11.8 Å². The summed E-state index contributed by atoms with van der Waals surface area (Å²) in [6, 6.07) is 11.4. The number of hydrogen-bond acceptors (Lipinski definition) is 6. The lowest BCUT2D eigenvalue weighted by Gasteiger charge is -2.09. The summed E-state index contributed by atoms with van der Waals surface area (Å²) in [5, 5.41) is 3.90. The zero-order chi connectivity index (χ0) is 20.1. The Balaban J connectivity index is 1.63. The van der Waals surface area contributed by atoms with Crippen molar-refractivity contribution >= 4 is 23.5 Å². The number of carbonyl (C=O) groups excluding carboxylic acids is 2. The van der Waals surface area contributed by atoms with Gasteiger partial charge in [0, 0.05) is 22.3 Å². The Labute approximate surface area is 163 Å². The largest absolute Gasteiger partial charge is 0.454 e. The molecule has 8 heteroatoms. The second-order valence-corrected chi connectivity index (χ2v) is 6.86. The molecule has 3 rings (SSSR count). The van der Waals surface area contributed by atoms with E-state index in [2.05, 4.69) is 5.16 Å². The number of nitrogens with zero attached hydrogens (tertiary/aromatic N) is 1. The molecule has 0 N–H and O–H groups in total. The van der Waals surface area contributed by atoms with E-state index in [0.717, 1.165) is 23.9 Å². The van der Waals surface area contributed by atoms with Gasteiger partial charge in [0.05, 0.1) is 11.3 Å². The van der Waals surface area contributed by atoms with Crippen molar-refractivity contribution in [3.8, 4) is 0 Å². The number of ether oxygens (including phenoxy) is 1. The summed E-state index contributed by atoms with van der Waals surface area (Å²) in [5.41, 5.74) is 0.959. The lowest BCUT2D eigenvalue weighted by molar-refractivity contribution is 0.0471. The van der Waals surface area contributed by atoms with Crippen LogP contribution in [-0.4, -0.2) is 23.5 Å². The highest BCUT2D eigenvalue weighted by atomic mass is 32.2. The molecule has 1 aromatic heterocycles. The van der Waals surface area contributed by atoms with Gasteiger partial charge in [-0.25, -0.2) is 13.6 Å². The minimum Gasteiger partial charge on any atom is -0.454 e. The number of aryl methyl sites for hydroxylation is 1. The van der Waals surface area contributed by atoms with E-state index >= 15 is 0 Å². The molecule has 0 atom stereocenters. The molecule has 0 unspecified atom stereocenters. The van der Waals surface area contributed by atoms with Crippen molar-refractivity contribution in [1.82, 2.24) is 5.16 Å². The van der Waals surface area contributed by atoms with Gasteiger partial charge in [-0.3, -0.25) is 4.79 Å². The zero-order valence-electron chi connectivity index (χ0n) is 14.8. The summed E-state index contributed by atoms with van der Waals surface area (Å²) in [7, 11) is 0. The van der Waals surface area contributed by atoms with Crippen molar-refractivity contribution < 1.29 is 27.6 Å². The highest BCUT2D eigenvalue weighted by molar-refractivity contribution is 7.98. The van der Waals surface area contributed by atoms with Gasteiger partial charge in [0.15, 0.2) is 24.0 Å². The van der Waals surface area contributed by atoms with Crippen LogP contribution < -0.4 is 0 Å². The molecule has 0 aliphatic heterocycles. The zero-order valence-corrected chi connectivity index (χ0v) is 15.6. The minimum atomic E-state index is -1.14. The molecule has 1 heterocycles. The number of benzene rings is 2. The van der Waals surface area contributed by atoms with Gasteiger partial charge in [0.2, 0.25) is 0 Å². The fourth-order valence-electron chi connectivity index (χ4n) is 2.36. The third kappa shape index (κ3) is 4.83. The van der Waals surface area contributed by atoms with E-state index in [4.69, 9.17) is 9.26 Å². The lowest BCUT2D eigenvalue weighted by Crippen LogP contribution is -2.15. The maximum absolute atomic E-state index is 13.2. The fraction of sp³-hybridized carbons (Fsp3) is 0.150. The quantitative estimate of drug-likeness (QED) is 0.326. The smallest absolute Gasteiger partial charge is 0.339 e. The van der Waals surface area contributed by atoms with Crippen LogP contribution in [0.25, 0.3) is 0 Å². The molecule has 5 nitrogen and oxygen atoms in total. The first kappa shape index (κ1) is 19.8. The molecule has 0 bridgehead atoms. The molecule has 3 aromatic rings. The van der Waals surface area contributed by atoms with Crippen molar-refractivity contribution in [1.29, 1.82) is 0 Å². The number of Topliss-reactive ketones (excluding diaryl/α,β-unsaturated/α-hetero) is 1. The second-order valence-electron chi connectivity index (χ2n) is 5.84. The molecule has 0 amide bonds. The summed E-state index contributed by atoms with van der Waals surface area (Å²) in [5.74, 6) is -2.32. The SMILES string of the molecule is Cc1cc(CSc2ccccc2C(=O)OCC(=O)c2ccc(F)c(F)c2)no1. The highest BCUT2D eigenvalue weighted by Gasteiger charge is 2.17. The Bertz CT molecular complexity index is 1020. The van der Waals surface area contributed by atoms with Gasteiger partial charge >= 0.3 is 5.97 Å². The van der Waals surface area contributed by atoms with E-state index in [1.165, 1.54) is 11.8 Å². The van der Waals surface area contributed by atoms with Crippen LogP contribution in [0.4, 0.5) is 8.78 Å². The first-order chi connectivity index (χ1) is 13.4. The summed E-state index contributed by atoms with van der Waals surface area (Å²) < 4.78 is 36.3. The van der Waals surface area contributed by atoms with E-state index in [-0.39, 0.29) is 5.56 Å². The van der Waals surface area contributed by atoms with Gasteiger partial charge < -0.3 is 9.26 Å². The lowest BCUT2D eigenvalue weighted by atomic mass is 10.1. The monoisotopic (exact) mass is 403 g/mol. The van der Waals surface area contributed by atoms with Crippen molar-refractivity contribution in [3.05, 3.63) is 82.7 Å². The third-order valence-electron chi connectivity index (χ3n) is 3.74. The first-order valence-corrected chi connectivity index (χ1v) is 9.22. The van der Waals surface area contributed by atoms with Crippen LogP contribution in [0.1, 0.15) is 32.2 Å². The van der Waals surface area contributed by atoms with Gasteiger partial charge in [0.1, 0.15) is 5.76 Å². The van der Waals surface area contributed by atoms with Crippen LogP contribution in [-0.2, 0) is 10.5 Å². The number of halogens is 2. The topological polar surface area (TPSA) is 69.4 Å². The number of esters is 1. The Morgan fingerprint density at radius 3 is 2.61 bits per heavy atom. The van der Waals surface area contributed by atoms with Crippen LogP contribution in [0.5, 0.6) is 0 Å². The average molecular weight is 403 g/mol. The first-order valence-electron chi connectivity index (χ1n) is 8.23. The highest BCUT2D eigenvalue weighted by Crippen LogP contribution is 2.26. The van der Waals surface area contributed by atoms with Crippen molar-refractivity contribution in [2.45, 2.75) is 17.6 Å².